The number of nitrogens with zero attached hydrogens (tertiary/aromatic N) is 6. The van der Waals surface area contributed by atoms with Gasteiger partial charge in [0.05, 0.1) is 11.1 Å². The smallest absolute Gasteiger partial charge is 0.323 e. The molecule has 2 aromatic heterocycles. The number of rotatable bonds is 6. The molecule has 5 aromatic rings. The maximum absolute atomic E-state index is 15.2. The minimum Gasteiger partial charge on any atom is -0.383 e. The highest BCUT2D eigenvalue weighted by Gasteiger charge is 2.15. The molecular weight excluding hydrogens is 537 g/mol. The van der Waals surface area contributed by atoms with Crippen molar-refractivity contribution < 1.29 is 14.0 Å². The summed E-state index contributed by atoms with van der Waals surface area (Å²) >= 11 is 0. The van der Waals surface area contributed by atoms with Crippen molar-refractivity contribution in [3.8, 4) is 22.5 Å². The number of anilines is 4. The van der Waals surface area contributed by atoms with E-state index < -0.39 is 11.8 Å². The van der Waals surface area contributed by atoms with Crippen LogP contribution in [0.1, 0.15) is 10.4 Å². The fourth-order valence-corrected chi connectivity index (χ4v) is 4.18. The van der Waals surface area contributed by atoms with E-state index >= 15 is 4.39 Å². The van der Waals surface area contributed by atoms with Gasteiger partial charge in [0.15, 0.2) is 5.82 Å². The van der Waals surface area contributed by atoms with E-state index in [1.54, 1.807) is 67.8 Å². The standard InChI is InChI=1S/C30H28FN9O2/c1-39(2)28(41)17-5-8-20(9-6-17)35-30(42)36-21-10-12-22(24(31)14-21)27-37-25-13-18(7-11-23(25)26(32)38-27)19-15-33-29(34-16-19)40(3)4/h5-16H,1-4H3,(H2,32,37,38)(H2,35,36,42). The van der Waals surface area contributed by atoms with Gasteiger partial charge in [0, 0.05) is 68.5 Å². The predicted molar refractivity (Wildman–Crippen MR) is 162 cm³/mol. The SMILES string of the molecule is CN(C)C(=O)c1ccc(NC(=O)Nc2ccc(-c3nc(N)c4ccc(-c5cnc(N(C)C)nc5)cc4n3)c(F)c2)cc1. The lowest BCUT2D eigenvalue weighted by Gasteiger charge is -2.12. The van der Waals surface area contributed by atoms with Crippen LogP contribution in [0.2, 0.25) is 0 Å². The fourth-order valence-electron chi connectivity index (χ4n) is 4.18. The highest BCUT2D eigenvalue weighted by molar-refractivity contribution is 6.00. The maximum atomic E-state index is 15.2. The Hall–Kier alpha value is -5.65. The highest BCUT2D eigenvalue weighted by Crippen LogP contribution is 2.29. The number of hydrogen-bond acceptors (Lipinski definition) is 8. The van der Waals surface area contributed by atoms with Crippen LogP contribution in [0.3, 0.4) is 0 Å². The van der Waals surface area contributed by atoms with Crippen LogP contribution in [0, 0.1) is 5.82 Å². The van der Waals surface area contributed by atoms with Crippen LogP contribution in [0.15, 0.2) is 73.1 Å². The largest absolute Gasteiger partial charge is 0.383 e. The quantitative estimate of drug-likeness (QED) is 0.264. The molecule has 0 aliphatic carbocycles. The van der Waals surface area contributed by atoms with Gasteiger partial charge in [-0.25, -0.2) is 29.1 Å². The van der Waals surface area contributed by atoms with Crippen molar-refractivity contribution in [3.63, 3.8) is 0 Å². The molecule has 212 valence electrons. The molecule has 0 radical (unpaired) electrons. The summed E-state index contributed by atoms with van der Waals surface area (Å²) in [4.78, 5) is 45.4. The first-order chi connectivity index (χ1) is 20.1. The first-order valence-electron chi connectivity index (χ1n) is 12.9. The topological polar surface area (TPSA) is 142 Å². The Bertz CT molecular complexity index is 1790. The van der Waals surface area contributed by atoms with Crippen LogP contribution < -0.4 is 21.3 Å². The van der Waals surface area contributed by atoms with Gasteiger partial charge in [-0.2, -0.15) is 0 Å². The van der Waals surface area contributed by atoms with Crippen molar-refractivity contribution in [2.75, 3.05) is 49.5 Å². The lowest BCUT2D eigenvalue weighted by molar-refractivity contribution is 0.0827. The van der Waals surface area contributed by atoms with Crippen LogP contribution in [-0.2, 0) is 0 Å². The number of nitrogens with two attached hydrogens (primary N) is 1. The van der Waals surface area contributed by atoms with Crippen LogP contribution in [-0.4, -0.2) is 65.0 Å². The second-order valence-corrected chi connectivity index (χ2v) is 9.88. The summed E-state index contributed by atoms with van der Waals surface area (Å²) in [5, 5.41) is 5.88. The lowest BCUT2D eigenvalue weighted by atomic mass is 10.1. The van der Waals surface area contributed by atoms with Crippen molar-refractivity contribution >= 4 is 46.0 Å². The number of urea groups is 1. The molecule has 0 fully saturated rings. The monoisotopic (exact) mass is 565 g/mol. The van der Waals surface area contributed by atoms with Crippen LogP contribution in [0.4, 0.5) is 32.3 Å². The third-order valence-electron chi connectivity index (χ3n) is 6.36. The fraction of sp³-hybridized carbons (Fsp3) is 0.133. The number of benzene rings is 3. The summed E-state index contributed by atoms with van der Waals surface area (Å²) in [5.41, 5.74) is 9.66. The van der Waals surface area contributed by atoms with E-state index in [0.717, 1.165) is 11.1 Å². The lowest BCUT2D eigenvalue weighted by Crippen LogP contribution is -2.22. The Morgan fingerprint density at radius 3 is 2.12 bits per heavy atom. The van der Waals surface area contributed by atoms with Crippen LogP contribution in [0.25, 0.3) is 33.4 Å². The van der Waals surface area contributed by atoms with E-state index in [2.05, 4.69) is 30.6 Å². The summed E-state index contributed by atoms with van der Waals surface area (Å²) in [7, 11) is 7.04. The van der Waals surface area contributed by atoms with Crippen LogP contribution >= 0.6 is 0 Å². The molecule has 0 saturated heterocycles. The molecule has 0 unspecified atom stereocenters. The van der Waals surface area contributed by atoms with Gasteiger partial charge in [-0.3, -0.25) is 4.79 Å². The predicted octanol–water partition coefficient (Wildman–Crippen LogP) is 4.89. The van der Waals surface area contributed by atoms with E-state index in [-0.39, 0.29) is 28.8 Å². The van der Waals surface area contributed by atoms with Gasteiger partial charge in [0.1, 0.15) is 11.6 Å². The van der Waals surface area contributed by atoms with Gasteiger partial charge >= 0.3 is 6.03 Å². The van der Waals surface area contributed by atoms with Gasteiger partial charge in [-0.05, 0) is 60.2 Å². The maximum Gasteiger partial charge on any atom is 0.323 e. The molecule has 5 rings (SSSR count). The van der Waals surface area contributed by atoms with Gasteiger partial charge in [0.25, 0.3) is 5.91 Å². The Morgan fingerprint density at radius 1 is 0.810 bits per heavy atom. The molecule has 42 heavy (non-hydrogen) atoms. The first kappa shape index (κ1) is 27.9. The molecule has 0 atom stereocenters. The van der Waals surface area contributed by atoms with Gasteiger partial charge in [-0.1, -0.05) is 6.07 Å². The normalized spacial score (nSPS) is 10.8. The highest BCUT2D eigenvalue weighted by atomic mass is 19.1. The number of fused-ring (bicyclic) bond motifs is 1. The number of carbonyl (C=O) groups excluding carboxylic acids is 2. The Kier molecular flexibility index (Phi) is 7.61. The first-order valence-corrected chi connectivity index (χ1v) is 12.9. The molecule has 0 aliphatic heterocycles. The summed E-state index contributed by atoms with van der Waals surface area (Å²) in [6.07, 6.45) is 3.44. The molecule has 0 bridgehead atoms. The van der Waals surface area contributed by atoms with Crippen molar-refractivity contribution in [1.29, 1.82) is 0 Å². The number of halogens is 1. The van der Waals surface area contributed by atoms with E-state index in [0.29, 0.717) is 28.1 Å². The zero-order chi connectivity index (χ0) is 30.0. The molecular formula is C30H28FN9O2. The average Bonchev–Trinajstić information content (AvgIpc) is 2.97. The van der Waals surface area contributed by atoms with Gasteiger partial charge < -0.3 is 26.2 Å². The Labute approximate surface area is 241 Å². The van der Waals surface area contributed by atoms with E-state index in [4.69, 9.17) is 5.73 Å². The van der Waals surface area contributed by atoms with E-state index in [9.17, 15) is 9.59 Å². The number of hydrogen-bond donors (Lipinski definition) is 3. The molecule has 11 nitrogen and oxygen atoms in total. The van der Waals surface area contributed by atoms with Crippen molar-refractivity contribution in [1.82, 2.24) is 24.8 Å². The zero-order valence-electron chi connectivity index (χ0n) is 23.4. The van der Waals surface area contributed by atoms with Crippen molar-refractivity contribution in [3.05, 3.63) is 84.4 Å². The minimum atomic E-state index is -0.637. The second-order valence-electron chi connectivity index (χ2n) is 9.88. The number of aromatic nitrogens is 4. The van der Waals surface area contributed by atoms with Crippen molar-refractivity contribution in [2.45, 2.75) is 0 Å². The van der Waals surface area contributed by atoms with Gasteiger partial charge in [-0.15, -0.1) is 0 Å². The summed E-state index contributed by atoms with van der Waals surface area (Å²) < 4.78 is 15.2. The van der Waals surface area contributed by atoms with Gasteiger partial charge in [0.2, 0.25) is 5.95 Å². The second kappa shape index (κ2) is 11.5. The third kappa shape index (κ3) is 5.92. The minimum absolute atomic E-state index is 0.109. The van der Waals surface area contributed by atoms with E-state index in [1.165, 1.54) is 17.0 Å². The average molecular weight is 566 g/mol. The number of carbonyl (C=O) groups is 2. The van der Waals surface area contributed by atoms with E-state index in [1.807, 2.05) is 26.2 Å². The molecule has 12 heteroatoms. The summed E-state index contributed by atoms with van der Waals surface area (Å²) in [6, 6.07) is 15.6. The molecule has 2 heterocycles. The van der Waals surface area contributed by atoms with Crippen LogP contribution in [0.5, 0.6) is 0 Å². The Balaban J connectivity index is 1.34. The summed E-state index contributed by atoms with van der Waals surface area (Å²) in [6.45, 7) is 0. The third-order valence-corrected chi connectivity index (χ3v) is 6.36. The molecule has 0 saturated carbocycles. The Morgan fingerprint density at radius 2 is 1.48 bits per heavy atom. The molecule has 0 spiro atoms. The molecule has 3 amide bonds. The number of nitrogen functional groups attached to an aromatic ring is 1. The zero-order valence-corrected chi connectivity index (χ0v) is 23.4. The number of amides is 3. The summed E-state index contributed by atoms with van der Waals surface area (Å²) in [5.74, 6) is 0.120. The van der Waals surface area contributed by atoms with Crippen molar-refractivity contribution in [2.24, 2.45) is 0 Å². The molecule has 3 aromatic carbocycles. The molecule has 0 aliphatic rings. The molecule has 4 N–H and O–H groups in total. The number of nitrogens with one attached hydrogen (secondary N) is 2.